The van der Waals surface area contributed by atoms with Crippen molar-refractivity contribution < 1.29 is 13.5 Å². The maximum absolute atomic E-state index is 12.2. The SMILES string of the molecule is FC(F)Oc1cccc(-c2n[nH]c(-c3cccs3)n2)c1. The number of aromatic amines is 1. The van der Waals surface area contributed by atoms with Crippen molar-refractivity contribution in [3.63, 3.8) is 0 Å². The van der Waals surface area contributed by atoms with Crippen molar-refractivity contribution in [3.8, 4) is 27.8 Å². The van der Waals surface area contributed by atoms with Crippen LogP contribution in [0.25, 0.3) is 22.1 Å². The van der Waals surface area contributed by atoms with E-state index >= 15 is 0 Å². The van der Waals surface area contributed by atoms with Crippen molar-refractivity contribution in [2.24, 2.45) is 0 Å². The van der Waals surface area contributed by atoms with E-state index in [1.165, 1.54) is 23.5 Å². The van der Waals surface area contributed by atoms with E-state index in [1.54, 1.807) is 12.1 Å². The Hall–Kier alpha value is -2.28. The topological polar surface area (TPSA) is 50.8 Å². The van der Waals surface area contributed by atoms with Crippen LogP contribution in [0.3, 0.4) is 0 Å². The van der Waals surface area contributed by atoms with E-state index in [0.29, 0.717) is 17.2 Å². The molecular formula is C13H9F2N3OS. The summed E-state index contributed by atoms with van der Waals surface area (Å²) in [5, 5.41) is 8.86. The molecule has 0 amide bonds. The zero-order valence-electron chi connectivity index (χ0n) is 10.1. The van der Waals surface area contributed by atoms with Gasteiger partial charge in [-0.05, 0) is 23.6 Å². The molecule has 0 spiro atoms. The van der Waals surface area contributed by atoms with Gasteiger partial charge in [0, 0.05) is 5.56 Å². The Morgan fingerprint density at radius 2 is 2.10 bits per heavy atom. The van der Waals surface area contributed by atoms with Crippen LogP contribution < -0.4 is 4.74 Å². The Balaban J connectivity index is 1.89. The first-order valence-electron chi connectivity index (χ1n) is 5.74. The van der Waals surface area contributed by atoms with Gasteiger partial charge in [0.1, 0.15) is 5.75 Å². The third-order valence-corrected chi connectivity index (χ3v) is 3.43. The standard InChI is InChI=1S/C13H9F2N3OS/c14-13(15)19-9-4-1-3-8(7-9)11-16-12(18-17-11)10-5-2-6-20-10/h1-7,13H,(H,16,17,18). The molecule has 0 fully saturated rings. The highest BCUT2D eigenvalue weighted by Crippen LogP contribution is 2.26. The van der Waals surface area contributed by atoms with Gasteiger partial charge in [0.2, 0.25) is 0 Å². The molecule has 0 unspecified atom stereocenters. The minimum absolute atomic E-state index is 0.0833. The number of hydrogen-bond acceptors (Lipinski definition) is 4. The minimum atomic E-state index is -2.85. The van der Waals surface area contributed by atoms with E-state index in [9.17, 15) is 8.78 Å². The van der Waals surface area contributed by atoms with E-state index in [0.717, 1.165) is 4.88 Å². The number of alkyl halides is 2. The molecule has 20 heavy (non-hydrogen) atoms. The smallest absolute Gasteiger partial charge is 0.387 e. The fraction of sp³-hybridized carbons (Fsp3) is 0.0769. The van der Waals surface area contributed by atoms with Gasteiger partial charge in [0.05, 0.1) is 4.88 Å². The Bertz CT molecular complexity index is 697. The van der Waals surface area contributed by atoms with Crippen LogP contribution in [0.4, 0.5) is 8.78 Å². The number of nitrogens with zero attached hydrogens (tertiary/aromatic N) is 2. The highest BCUT2D eigenvalue weighted by atomic mass is 32.1. The van der Waals surface area contributed by atoms with E-state index in [2.05, 4.69) is 19.9 Å². The summed E-state index contributed by atoms with van der Waals surface area (Å²) in [6.07, 6.45) is 0. The van der Waals surface area contributed by atoms with E-state index in [1.807, 2.05) is 17.5 Å². The van der Waals surface area contributed by atoms with Crippen LogP contribution >= 0.6 is 11.3 Å². The molecule has 102 valence electrons. The van der Waals surface area contributed by atoms with Gasteiger partial charge in [-0.25, -0.2) is 4.98 Å². The zero-order chi connectivity index (χ0) is 13.9. The van der Waals surface area contributed by atoms with E-state index in [-0.39, 0.29) is 5.75 Å². The van der Waals surface area contributed by atoms with E-state index < -0.39 is 6.61 Å². The minimum Gasteiger partial charge on any atom is -0.435 e. The Morgan fingerprint density at radius 3 is 2.85 bits per heavy atom. The first-order valence-corrected chi connectivity index (χ1v) is 6.62. The van der Waals surface area contributed by atoms with Gasteiger partial charge in [-0.3, -0.25) is 5.10 Å². The molecule has 0 aliphatic carbocycles. The summed E-state index contributed by atoms with van der Waals surface area (Å²) < 4.78 is 28.7. The molecular weight excluding hydrogens is 284 g/mol. The van der Waals surface area contributed by atoms with Gasteiger partial charge >= 0.3 is 6.61 Å². The summed E-state index contributed by atoms with van der Waals surface area (Å²) >= 11 is 1.54. The number of aromatic nitrogens is 3. The lowest BCUT2D eigenvalue weighted by Gasteiger charge is -2.04. The van der Waals surface area contributed by atoms with Crippen molar-refractivity contribution in [1.29, 1.82) is 0 Å². The van der Waals surface area contributed by atoms with Gasteiger partial charge in [0.25, 0.3) is 0 Å². The van der Waals surface area contributed by atoms with Crippen LogP contribution in [0.2, 0.25) is 0 Å². The predicted molar refractivity (Wildman–Crippen MR) is 71.8 cm³/mol. The lowest BCUT2D eigenvalue weighted by atomic mass is 10.2. The fourth-order valence-electron chi connectivity index (χ4n) is 1.73. The molecule has 0 atom stereocenters. The molecule has 0 radical (unpaired) electrons. The number of thiophene rings is 1. The Morgan fingerprint density at radius 1 is 1.20 bits per heavy atom. The van der Waals surface area contributed by atoms with Crippen molar-refractivity contribution >= 4 is 11.3 Å². The van der Waals surface area contributed by atoms with Gasteiger partial charge < -0.3 is 4.74 Å². The number of benzene rings is 1. The van der Waals surface area contributed by atoms with Crippen LogP contribution in [0.15, 0.2) is 41.8 Å². The van der Waals surface area contributed by atoms with Crippen molar-refractivity contribution in [3.05, 3.63) is 41.8 Å². The third-order valence-electron chi connectivity index (χ3n) is 2.56. The lowest BCUT2D eigenvalue weighted by Crippen LogP contribution is -2.01. The average Bonchev–Trinajstić information content (AvgIpc) is 3.09. The Labute approximate surface area is 117 Å². The highest BCUT2D eigenvalue weighted by molar-refractivity contribution is 7.13. The number of hydrogen-bond donors (Lipinski definition) is 1. The average molecular weight is 293 g/mol. The van der Waals surface area contributed by atoms with Crippen molar-refractivity contribution in [1.82, 2.24) is 15.2 Å². The summed E-state index contributed by atoms with van der Waals surface area (Å²) in [4.78, 5) is 5.31. The third kappa shape index (κ3) is 2.67. The number of H-pyrrole nitrogens is 1. The number of ether oxygens (including phenoxy) is 1. The quantitative estimate of drug-likeness (QED) is 0.796. The summed E-state index contributed by atoms with van der Waals surface area (Å²) in [6, 6.07) is 10.1. The molecule has 0 bridgehead atoms. The van der Waals surface area contributed by atoms with Crippen LogP contribution in [0.1, 0.15) is 0 Å². The monoisotopic (exact) mass is 293 g/mol. The molecule has 0 aliphatic rings. The summed E-state index contributed by atoms with van der Waals surface area (Å²) in [6.45, 7) is -2.85. The first-order chi connectivity index (χ1) is 9.72. The normalized spacial score (nSPS) is 10.9. The highest BCUT2D eigenvalue weighted by Gasteiger charge is 2.10. The summed E-state index contributed by atoms with van der Waals surface area (Å²) in [7, 11) is 0. The molecule has 1 aromatic carbocycles. The van der Waals surface area contributed by atoms with Crippen LogP contribution in [0.5, 0.6) is 5.75 Å². The van der Waals surface area contributed by atoms with Gasteiger partial charge in [-0.2, -0.15) is 13.9 Å². The van der Waals surface area contributed by atoms with E-state index in [4.69, 9.17) is 0 Å². The molecule has 2 heterocycles. The summed E-state index contributed by atoms with van der Waals surface area (Å²) in [5.41, 5.74) is 0.613. The largest absolute Gasteiger partial charge is 0.435 e. The lowest BCUT2D eigenvalue weighted by molar-refractivity contribution is -0.0498. The summed E-state index contributed by atoms with van der Waals surface area (Å²) in [5.74, 6) is 1.17. The maximum Gasteiger partial charge on any atom is 0.387 e. The van der Waals surface area contributed by atoms with Gasteiger partial charge in [-0.1, -0.05) is 18.2 Å². The molecule has 0 aliphatic heterocycles. The van der Waals surface area contributed by atoms with Crippen LogP contribution in [-0.4, -0.2) is 21.8 Å². The van der Waals surface area contributed by atoms with Crippen molar-refractivity contribution in [2.45, 2.75) is 6.61 Å². The molecule has 0 saturated carbocycles. The van der Waals surface area contributed by atoms with Gasteiger partial charge in [-0.15, -0.1) is 11.3 Å². The second kappa shape index (κ2) is 5.38. The fourth-order valence-corrected chi connectivity index (χ4v) is 2.39. The van der Waals surface area contributed by atoms with Crippen LogP contribution in [-0.2, 0) is 0 Å². The molecule has 0 saturated heterocycles. The molecule has 3 rings (SSSR count). The number of rotatable bonds is 4. The first kappa shape index (κ1) is 12.7. The Kier molecular flexibility index (Phi) is 3.42. The maximum atomic E-state index is 12.2. The number of nitrogens with one attached hydrogen (secondary N) is 1. The second-order valence-electron chi connectivity index (χ2n) is 3.89. The molecule has 3 aromatic rings. The number of halogens is 2. The second-order valence-corrected chi connectivity index (χ2v) is 4.84. The van der Waals surface area contributed by atoms with Crippen molar-refractivity contribution in [2.75, 3.05) is 0 Å². The molecule has 1 N–H and O–H groups in total. The predicted octanol–water partition coefficient (Wildman–Crippen LogP) is 3.80. The molecule has 7 heteroatoms. The molecule has 2 aromatic heterocycles. The van der Waals surface area contributed by atoms with Gasteiger partial charge in [0.15, 0.2) is 11.6 Å². The zero-order valence-corrected chi connectivity index (χ0v) is 10.9. The van der Waals surface area contributed by atoms with Crippen LogP contribution in [0, 0.1) is 0 Å². The molecule has 4 nitrogen and oxygen atoms in total.